The molecular weight excluding hydrogens is 244 g/mol. The van der Waals surface area contributed by atoms with E-state index in [0.29, 0.717) is 6.54 Å². The molecule has 1 atom stereocenters. The third-order valence-electron chi connectivity index (χ3n) is 2.89. The van der Waals surface area contributed by atoms with Gasteiger partial charge in [0.1, 0.15) is 0 Å². The fourth-order valence-corrected chi connectivity index (χ4v) is 2.43. The van der Waals surface area contributed by atoms with Crippen LogP contribution >= 0.6 is 11.8 Å². The summed E-state index contributed by atoms with van der Waals surface area (Å²) in [6.07, 6.45) is 0.729. The number of amides is 1. The zero-order valence-corrected chi connectivity index (χ0v) is 12.2. The van der Waals surface area contributed by atoms with Gasteiger partial charge >= 0.3 is 0 Å². The highest BCUT2D eigenvalue weighted by Gasteiger charge is 2.17. The van der Waals surface area contributed by atoms with Crippen molar-refractivity contribution in [3.8, 4) is 0 Å². The van der Waals surface area contributed by atoms with Gasteiger partial charge in [-0.15, -0.1) is 11.8 Å². The minimum absolute atomic E-state index is 0.0234. The third kappa shape index (κ3) is 4.03. The Labute approximate surface area is 114 Å². The molecule has 1 aromatic carbocycles. The Hall–Kier alpha value is -1.00. The van der Waals surface area contributed by atoms with E-state index in [4.69, 9.17) is 5.73 Å². The molecule has 0 aliphatic carbocycles. The summed E-state index contributed by atoms with van der Waals surface area (Å²) in [4.78, 5) is 15.1. The first kappa shape index (κ1) is 15.1. The van der Waals surface area contributed by atoms with E-state index in [1.54, 1.807) is 16.7 Å². The van der Waals surface area contributed by atoms with Crippen LogP contribution in [0.5, 0.6) is 0 Å². The Morgan fingerprint density at radius 3 is 2.50 bits per heavy atom. The second-order valence-electron chi connectivity index (χ2n) is 4.30. The molecule has 100 valence electrons. The van der Waals surface area contributed by atoms with Crippen molar-refractivity contribution in [2.75, 3.05) is 24.2 Å². The fourth-order valence-electron chi connectivity index (χ4n) is 1.76. The van der Waals surface area contributed by atoms with E-state index in [1.165, 1.54) is 4.90 Å². The van der Waals surface area contributed by atoms with E-state index in [2.05, 4.69) is 19.1 Å². The SMILES string of the molecule is CCSc1ccc(N(C)C(=O)C(C)CCN)cc1. The van der Waals surface area contributed by atoms with Crippen LogP contribution in [0.25, 0.3) is 0 Å². The Kier molecular flexibility index (Phi) is 6.22. The Balaban J connectivity index is 2.71. The van der Waals surface area contributed by atoms with Crippen LogP contribution in [-0.4, -0.2) is 25.3 Å². The molecule has 0 saturated heterocycles. The summed E-state index contributed by atoms with van der Waals surface area (Å²) in [6.45, 7) is 4.60. The first-order chi connectivity index (χ1) is 8.60. The van der Waals surface area contributed by atoms with Crippen molar-refractivity contribution < 1.29 is 4.79 Å². The zero-order chi connectivity index (χ0) is 13.5. The number of carbonyl (C=O) groups excluding carboxylic acids is 1. The van der Waals surface area contributed by atoms with E-state index >= 15 is 0 Å². The number of hydrogen-bond donors (Lipinski definition) is 1. The smallest absolute Gasteiger partial charge is 0.229 e. The Bertz CT molecular complexity index is 378. The first-order valence-corrected chi connectivity index (χ1v) is 7.29. The minimum Gasteiger partial charge on any atom is -0.330 e. The number of benzene rings is 1. The highest BCUT2D eigenvalue weighted by molar-refractivity contribution is 7.99. The summed E-state index contributed by atoms with van der Waals surface area (Å²) < 4.78 is 0. The van der Waals surface area contributed by atoms with Crippen LogP contribution in [0.1, 0.15) is 20.3 Å². The summed E-state index contributed by atoms with van der Waals surface area (Å²) in [5.41, 5.74) is 6.42. The highest BCUT2D eigenvalue weighted by atomic mass is 32.2. The van der Waals surface area contributed by atoms with Crippen molar-refractivity contribution in [2.24, 2.45) is 11.7 Å². The normalized spacial score (nSPS) is 12.2. The van der Waals surface area contributed by atoms with Gasteiger partial charge in [0.2, 0.25) is 5.91 Å². The lowest BCUT2D eigenvalue weighted by Gasteiger charge is -2.21. The van der Waals surface area contributed by atoms with Gasteiger partial charge in [0.05, 0.1) is 0 Å². The third-order valence-corrected chi connectivity index (χ3v) is 3.78. The predicted molar refractivity (Wildman–Crippen MR) is 79.1 cm³/mol. The average molecular weight is 266 g/mol. The molecule has 0 aliphatic rings. The van der Waals surface area contributed by atoms with E-state index in [0.717, 1.165) is 17.9 Å². The van der Waals surface area contributed by atoms with Gasteiger partial charge in [0.15, 0.2) is 0 Å². The van der Waals surface area contributed by atoms with Gasteiger partial charge in [-0.05, 0) is 43.0 Å². The number of thioether (sulfide) groups is 1. The molecule has 0 saturated carbocycles. The lowest BCUT2D eigenvalue weighted by molar-refractivity contribution is -0.121. The van der Waals surface area contributed by atoms with Gasteiger partial charge in [-0.3, -0.25) is 4.79 Å². The van der Waals surface area contributed by atoms with E-state index in [1.807, 2.05) is 26.1 Å². The van der Waals surface area contributed by atoms with Crippen molar-refractivity contribution >= 4 is 23.4 Å². The molecule has 1 rings (SSSR count). The largest absolute Gasteiger partial charge is 0.330 e. The second kappa shape index (κ2) is 7.44. The van der Waals surface area contributed by atoms with Gasteiger partial charge in [-0.2, -0.15) is 0 Å². The standard InChI is InChI=1S/C14H22N2OS/c1-4-18-13-7-5-12(6-8-13)16(3)14(17)11(2)9-10-15/h5-8,11H,4,9-10,15H2,1-3H3. The quantitative estimate of drug-likeness (QED) is 0.805. The Morgan fingerprint density at radius 2 is 2.00 bits per heavy atom. The molecule has 0 heterocycles. The topological polar surface area (TPSA) is 46.3 Å². The van der Waals surface area contributed by atoms with Crippen molar-refractivity contribution in [3.05, 3.63) is 24.3 Å². The van der Waals surface area contributed by atoms with E-state index < -0.39 is 0 Å². The van der Waals surface area contributed by atoms with Crippen LogP contribution in [0.4, 0.5) is 5.69 Å². The van der Waals surface area contributed by atoms with Crippen LogP contribution in [0.15, 0.2) is 29.2 Å². The number of nitrogens with two attached hydrogens (primary N) is 1. The summed E-state index contributed by atoms with van der Waals surface area (Å²) in [6, 6.07) is 8.10. The van der Waals surface area contributed by atoms with Crippen molar-refractivity contribution in [2.45, 2.75) is 25.2 Å². The lowest BCUT2D eigenvalue weighted by atomic mass is 10.1. The molecule has 0 aliphatic heterocycles. The molecule has 0 radical (unpaired) electrons. The number of nitrogens with zero attached hydrogens (tertiary/aromatic N) is 1. The summed E-state index contributed by atoms with van der Waals surface area (Å²) in [5, 5.41) is 0. The molecule has 4 heteroatoms. The fraction of sp³-hybridized carbons (Fsp3) is 0.500. The maximum Gasteiger partial charge on any atom is 0.229 e. The molecule has 1 unspecified atom stereocenters. The molecule has 3 nitrogen and oxygen atoms in total. The molecule has 1 aromatic rings. The van der Waals surface area contributed by atoms with Crippen LogP contribution in [0, 0.1) is 5.92 Å². The van der Waals surface area contributed by atoms with Crippen LogP contribution in [-0.2, 0) is 4.79 Å². The molecule has 0 bridgehead atoms. The predicted octanol–water partition coefficient (Wildman–Crippen LogP) is 2.75. The molecular formula is C14H22N2OS. The molecule has 0 spiro atoms. The zero-order valence-electron chi connectivity index (χ0n) is 11.3. The molecule has 1 amide bonds. The lowest BCUT2D eigenvalue weighted by Crippen LogP contribution is -2.32. The van der Waals surface area contributed by atoms with Crippen molar-refractivity contribution in [1.29, 1.82) is 0 Å². The number of hydrogen-bond acceptors (Lipinski definition) is 3. The van der Waals surface area contributed by atoms with Crippen LogP contribution in [0.2, 0.25) is 0 Å². The van der Waals surface area contributed by atoms with Gasteiger partial charge in [-0.25, -0.2) is 0 Å². The maximum absolute atomic E-state index is 12.1. The summed E-state index contributed by atoms with van der Waals surface area (Å²) in [7, 11) is 1.82. The van der Waals surface area contributed by atoms with Crippen molar-refractivity contribution in [1.82, 2.24) is 0 Å². The van der Waals surface area contributed by atoms with Crippen LogP contribution in [0.3, 0.4) is 0 Å². The average Bonchev–Trinajstić information content (AvgIpc) is 2.38. The van der Waals surface area contributed by atoms with Gasteiger partial charge < -0.3 is 10.6 Å². The number of carbonyl (C=O) groups is 1. The maximum atomic E-state index is 12.1. The second-order valence-corrected chi connectivity index (χ2v) is 5.64. The Morgan fingerprint density at radius 1 is 1.39 bits per heavy atom. The van der Waals surface area contributed by atoms with E-state index in [9.17, 15) is 4.79 Å². The summed E-state index contributed by atoms with van der Waals surface area (Å²) >= 11 is 1.80. The number of rotatable bonds is 6. The van der Waals surface area contributed by atoms with Gasteiger partial charge in [-0.1, -0.05) is 13.8 Å². The minimum atomic E-state index is -0.0234. The van der Waals surface area contributed by atoms with E-state index in [-0.39, 0.29) is 11.8 Å². The van der Waals surface area contributed by atoms with Gasteiger partial charge in [0.25, 0.3) is 0 Å². The molecule has 0 fully saturated rings. The molecule has 2 N–H and O–H groups in total. The highest BCUT2D eigenvalue weighted by Crippen LogP contribution is 2.22. The van der Waals surface area contributed by atoms with Crippen LogP contribution < -0.4 is 10.6 Å². The molecule has 0 aromatic heterocycles. The molecule has 18 heavy (non-hydrogen) atoms. The first-order valence-electron chi connectivity index (χ1n) is 6.30. The van der Waals surface area contributed by atoms with Gasteiger partial charge in [0, 0.05) is 23.5 Å². The summed E-state index contributed by atoms with van der Waals surface area (Å²) in [5.74, 6) is 1.16. The van der Waals surface area contributed by atoms with Crippen molar-refractivity contribution in [3.63, 3.8) is 0 Å². The number of anilines is 1. The monoisotopic (exact) mass is 266 g/mol.